The SMILES string of the molecule is CCNc1cccc(NCCC2CCCCO2)c1[N+](=O)[O-]. The topological polar surface area (TPSA) is 76.4 Å². The highest BCUT2D eigenvalue weighted by Gasteiger charge is 2.19. The van der Waals surface area contributed by atoms with Gasteiger partial charge in [-0.05, 0) is 44.7 Å². The predicted octanol–water partition coefficient (Wildman–Crippen LogP) is 3.40. The van der Waals surface area contributed by atoms with Gasteiger partial charge >= 0.3 is 5.69 Å². The largest absolute Gasteiger partial charge is 0.380 e. The molecule has 0 saturated carbocycles. The van der Waals surface area contributed by atoms with E-state index in [2.05, 4.69) is 10.6 Å². The Hall–Kier alpha value is -1.82. The summed E-state index contributed by atoms with van der Waals surface area (Å²) >= 11 is 0. The maximum atomic E-state index is 11.3. The molecule has 116 valence electrons. The molecule has 1 aliphatic rings. The van der Waals surface area contributed by atoms with Gasteiger partial charge < -0.3 is 15.4 Å². The zero-order chi connectivity index (χ0) is 15.1. The van der Waals surface area contributed by atoms with E-state index in [1.165, 1.54) is 6.42 Å². The van der Waals surface area contributed by atoms with Crippen molar-refractivity contribution in [3.05, 3.63) is 28.3 Å². The van der Waals surface area contributed by atoms with Gasteiger partial charge in [0.15, 0.2) is 0 Å². The number of nitrogens with one attached hydrogen (secondary N) is 2. The molecule has 0 bridgehead atoms. The predicted molar refractivity (Wildman–Crippen MR) is 84.0 cm³/mol. The Morgan fingerprint density at radius 1 is 1.33 bits per heavy atom. The molecule has 21 heavy (non-hydrogen) atoms. The van der Waals surface area contributed by atoms with Crippen LogP contribution in [0.2, 0.25) is 0 Å². The average Bonchev–Trinajstić information content (AvgIpc) is 2.48. The van der Waals surface area contributed by atoms with Gasteiger partial charge in [-0.2, -0.15) is 0 Å². The molecule has 6 heteroatoms. The highest BCUT2D eigenvalue weighted by Crippen LogP contribution is 2.32. The lowest BCUT2D eigenvalue weighted by Crippen LogP contribution is -2.22. The fourth-order valence-corrected chi connectivity index (χ4v) is 2.62. The molecule has 6 nitrogen and oxygen atoms in total. The molecular formula is C15H23N3O3. The van der Waals surface area contributed by atoms with Crippen LogP contribution in [0.25, 0.3) is 0 Å². The normalized spacial score (nSPS) is 18.2. The van der Waals surface area contributed by atoms with E-state index in [4.69, 9.17) is 4.74 Å². The van der Waals surface area contributed by atoms with Crippen molar-refractivity contribution in [2.75, 3.05) is 30.3 Å². The number of rotatable bonds is 7. The van der Waals surface area contributed by atoms with E-state index in [-0.39, 0.29) is 16.7 Å². The fourth-order valence-electron chi connectivity index (χ4n) is 2.62. The molecular weight excluding hydrogens is 270 g/mol. The monoisotopic (exact) mass is 293 g/mol. The summed E-state index contributed by atoms with van der Waals surface area (Å²) in [4.78, 5) is 10.9. The van der Waals surface area contributed by atoms with Gasteiger partial charge in [-0.3, -0.25) is 10.1 Å². The Kier molecular flexibility index (Phi) is 5.80. The summed E-state index contributed by atoms with van der Waals surface area (Å²) in [5.74, 6) is 0. The van der Waals surface area contributed by atoms with E-state index in [1.807, 2.05) is 13.0 Å². The smallest absolute Gasteiger partial charge is 0.315 e. The summed E-state index contributed by atoms with van der Waals surface area (Å²) in [6.45, 7) is 4.09. The summed E-state index contributed by atoms with van der Waals surface area (Å²) in [7, 11) is 0. The molecule has 2 N–H and O–H groups in total. The van der Waals surface area contributed by atoms with Crippen LogP contribution in [-0.2, 0) is 4.74 Å². The van der Waals surface area contributed by atoms with Crippen LogP contribution >= 0.6 is 0 Å². The Morgan fingerprint density at radius 2 is 2.10 bits per heavy atom. The Morgan fingerprint density at radius 3 is 2.71 bits per heavy atom. The van der Waals surface area contributed by atoms with Crippen LogP contribution in [0.15, 0.2) is 18.2 Å². The van der Waals surface area contributed by atoms with Gasteiger partial charge in [-0.15, -0.1) is 0 Å². The standard InChI is InChI=1S/C15H23N3O3/c1-2-16-13-7-5-8-14(15(13)18(19)20)17-10-9-12-6-3-4-11-21-12/h5,7-8,12,16-17H,2-4,6,9-11H2,1H3. The molecule has 0 radical (unpaired) electrons. The van der Waals surface area contributed by atoms with Crippen molar-refractivity contribution in [1.82, 2.24) is 0 Å². The van der Waals surface area contributed by atoms with Crippen LogP contribution in [0.1, 0.15) is 32.6 Å². The van der Waals surface area contributed by atoms with Gasteiger partial charge in [0, 0.05) is 19.7 Å². The van der Waals surface area contributed by atoms with Gasteiger partial charge in [0.05, 0.1) is 11.0 Å². The van der Waals surface area contributed by atoms with Gasteiger partial charge in [0.25, 0.3) is 0 Å². The van der Waals surface area contributed by atoms with Crippen LogP contribution in [0, 0.1) is 10.1 Å². The first-order chi connectivity index (χ1) is 10.2. The third-order valence-corrected chi connectivity index (χ3v) is 3.64. The third-order valence-electron chi connectivity index (χ3n) is 3.64. The van der Waals surface area contributed by atoms with Crippen LogP contribution in [0.3, 0.4) is 0 Å². The summed E-state index contributed by atoms with van der Waals surface area (Å²) in [6.07, 6.45) is 4.59. The fraction of sp³-hybridized carbons (Fsp3) is 0.600. The first-order valence-corrected chi connectivity index (χ1v) is 7.59. The maximum absolute atomic E-state index is 11.3. The van der Waals surface area contributed by atoms with Crippen LogP contribution in [-0.4, -0.2) is 30.7 Å². The minimum Gasteiger partial charge on any atom is -0.380 e. The quantitative estimate of drug-likeness (QED) is 0.595. The highest BCUT2D eigenvalue weighted by molar-refractivity contribution is 5.76. The molecule has 2 rings (SSSR count). The van der Waals surface area contributed by atoms with E-state index in [0.29, 0.717) is 24.5 Å². The second-order valence-electron chi connectivity index (χ2n) is 5.19. The second kappa shape index (κ2) is 7.83. The van der Waals surface area contributed by atoms with Crippen molar-refractivity contribution < 1.29 is 9.66 Å². The molecule has 0 spiro atoms. The van der Waals surface area contributed by atoms with E-state index < -0.39 is 0 Å². The zero-order valence-electron chi connectivity index (χ0n) is 12.4. The molecule has 1 fully saturated rings. The first kappa shape index (κ1) is 15.6. The zero-order valence-corrected chi connectivity index (χ0v) is 12.4. The van der Waals surface area contributed by atoms with Gasteiger partial charge in [-0.25, -0.2) is 0 Å². The van der Waals surface area contributed by atoms with Crippen LogP contribution in [0.4, 0.5) is 17.1 Å². The summed E-state index contributed by atoms with van der Waals surface area (Å²) in [5, 5.41) is 17.5. The van der Waals surface area contributed by atoms with Crippen molar-refractivity contribution >= 4 is 17.1 Å². The molecule has 1 atom stereocenters. The number of nitrogens with zero attached hydrogens (tertiary/aromatic N) is 1. The van der Waals surface area contributed by atoms with Crippen molar-refractivity contribution in [3.63, 3.8) is 0 Å². The maximum Gasteiger partial charge on any atom is 0.315 e. The highest BCUT2D eigenvalue weighted by atomic mass is 16.6. The van der Waals surface area contributed by atoms with Crippen molar-refractivity contribution in [2.45, 2.75) is 38.7 Å². The number of nitro benzene ring substituents is 1. The Bertz CT molecular complexity index is 473. The van der Waals surface area contributed by atoms with Crippen molar-refractivity contribution in [1.29, 1.82) is 0 Å². The van der Waals surface area contributed by atoms with Crippen molar-refractivity contribution in [3.8, 4) is 0 Å². The number of anilines is 2. The van der Waals surface area contributed by atoms with E-state index in [9.17, 15) is 10.1 Å². The number of para-hydroxylation sites is 1. The number of hydrogen-bond donors (Lipinski definition) is 2. The Labute approximate surface area is 125 Å². The second-order valence-corrected chi connectivity index (χ2v) is 5.19. The molecule has 1 saturated heterocycles. The lowest BCUT2D eigenvalue weighted by Gasteiger charge is -2.22. The lowest BCUT2D eigenvalue weighted by atomic mass is 10.1. The number of hydrogen-bond acceptors (Lipinski definition) is 5. The number of ether oxygens (including phenoxy) is 1. The average molecular weight is 293 g/mol. The molecule has 1 aromatic carbocycles. The summed E-state index contributed by atoms with van der Waals surface area (Å²) < 4.78 is 5.67. The molecule has 0 aromatic heterocycles. The molecule has 1 unspecified atom stereocenters. The lowest BCUT2D eigenvalue weighted by molar-refractivity contribution is -0.383. The molecule has 0 amide bonds. The number of benzene rings is 1. The van der Waals surface area contributed by atoms with E-state index in [0.717, 1.165) is 25.9 Å². The van der Waals surface area contributed by atoms with E-state index >= 15 is 0 Å². The van der Waals surface area contributed by atoms with E-state index in [1.54, 1.807) is 12.1 Å². The minimum absolute atomic E-state index is 0.115. The van der Waals surface area contributed by atoms with Crippen molar-refractivity contribution in [2.24, 2.45) is 0 Å². The first-order valence-electron chi connectivity index (χ1n) is 7.59. The van der Waals surface area contributed by atoms with Crippen LogP contribution < -0.4 is 10.6 Å². The molecule has 1 heterocycles. The molecule has 1 aliphatic heterocycles. The third kappa shape index (κ3) is 4.32. The molecule has 1 aromatic rings. The van der Waals surface area contributed by atoms with Crippen LogP contribution in [0.5, 0.6) is 0 Å². The number of nitro groups is 1. The molecule has 0 aliphatic carbocycles. The van der Waals surface area contributed by atoms with Gasteiger partial charge in [0.2, 0.25) is 0 Å². The summed E-state index contributed by atoms with van der Waals surface area (Å²) in [6, 6.07) is 5.31. The van der Waals surface area contributed by atoms with Gasteiger partial charge in [0.1, 0.15) is 11.4 Å². The summed E-state index contributed by atoms with van der Waals surface area (Å²) in [5.41, 5.74) is 1.24. The Balaban J connectivity index is 1.98. The van der Waals surface area contributed by atoms with Gasteiger partial charge in [-0.1, -0.05) is 6.07 Å². The minimum atomic E-state index is -0.336.